The van der Waals surface area contributed by atoms with E-state index in [0.717, 1.165) is 37.9 Å². The average Bonchev–Trinajstić information content (AvgIpc) is 2.36. The van der Waals surface area contributed by atoms with Gasteiger partial charge in [-0.1, -0.05) is 6.92 Å². The predicted octanol–water partition coefficient (Wildman–Crippen LogP) is 1.67. The van der Waals surface area contributed by atoms with Crippen LogP contribution in [0.2, 0.25) is 0 Å². The van der Waals surface area contributed by atoms with Crippen molar-refractivity contribution in [3.63, 3.8) is 0 Å². The number of nitrogens with zero attached hydrogens (tertiary/aromatic N) is 2. The highest BCUT2D eigenvalue weighted by molar-refractivity contribution is 14.0. The predicted molar refractivity (Wildman–Crippen MR) is 87.8 cm³/mol. The van der Waals surface area contributed by atoms with Gasteiger partial charge in [-0.15, -0.1) is 24.0 Å². The summed E-state index contributed by atoms with van der Waals surface area (Å²) in [6.07, 6.45) is 5.17. The molecule has 0 radical (unpaired) electrons. The number of aliphatic imine (C=N–C) groups is 1. The number of halogens is 1. The lowest BCUT2D eigenvalue weighted by Crippen LogP contribution is -2.42. The molecule has 1 fully saturated rings. The molecule has 0 aromatic rings. The minimum atomic E-state index is 0. The molecule has 0 amide bonds. The van der Waals surface area contributed by atoms with Crippen molar-refractivity contribution in [1.82, 2.24) is 15.5 Å². The molecule has 2 N–H and O–H groups in total. The summed E-state index contributed by atoms with van der Waals surface area (Å²) in [7, 11) is 0. The fourth-order valence-electron chi connectivity index (χ4n) is 2.65. The van der Waals surface area contributed by atoms with E-state index in [9.17, 15) is 0 Å². The first-order chi connectivity index (χ1) is 8.34. The molecule has 0 aliphatic carbocycles. The molecule has 4 nitrogen and oxygen atoms in total. The highest BCUT2D eigenvalue weighted by Crippen LogP contribution is 2.15. The maximum Gasteiger partial charge on any atom is 0.191 e. The number of hydrogen-bond donors (Lipinski definition) is 2. The maximum absolute atomic E-state index is 4.41. The van der Waals surface area contributed by atoms with E-state index in [1.165, 1.54) is 38.9 Å². The quantitative estimate of drug-likeness (QED) is 0.587. The number of rotatable bonds is 4. The highest BCUT2D eigenvalue weighted by atomic mass is 127. The second kappa shape index (κ2) is 8.96. The number of likely N-dealkylation sites (tertiary alicyclic amines) is 1. The molecule has 0 spiro atoms. The van der Waals surface area contributed by atoms with E-state index in [2.05, 4.69) is 27.4 Å². The SMILES string of the molecule is CC1CCCN(CCCNC2=NCCCN2)C1.I. The van der Waals surface area contributed by atoms with Crippen molar-refractivity contribution in [2.45, 2.75) is 32.6 Å². The van der Waals surface area contributed by atoms with Crippen molar-refractivity contribution >= 4 is 29.9 Å². The van der Waals surface area contributed by atoms with Crippen LogP contribution < -0.4 is 10.6 Å². The monoisotopic (exact) mass is 366 g/mol. The summed E-state index contributed by atoms with van der Waals surface area (Å²) in [5.74, 6) is 1.89. The average molecular weight is 366 g/mol. The second-order valence-corrected chi connectivity index (χ2v) is 5.34. The van der Waals surface area contributed by atoms with Gasteiger partial charge in [-0.2, -0.15) is 0 Å². The smallest absolute Gasteiger partial charge is 0.191 e. The van der Waals surface area contributed by atoms with Crippen molar-refractivity contribution in [2.24, 2.45) is 10.9 Å². The number of nitrogens with one attached hydrogen (secondary N) is 2. The van der Waals surface area contributed by atoms with E-state index >= 15 is 0 Å². The molecule has 1 atom stereocenters. The van der Waals surface area contributed by atoms with E-state index in [1.54, 1.807) is 0 Å². The Bertz CT molecular complexity index is 257. The van der Waals surface area contributed by atoms with Crippen molar-refractivity contribution in [3.8, 4) is 0 Å². The number of guanidine groups is 1. The third-order valence-electron chi connectivity index (χ3n) is 3.58. The van der Waals surface area contributed by atoms with Crippen LogP contribution in [0.25, 0.3) is 0 Å². The van der Waals surface area contributed by atoms with Gasteiger partial charge in [0.05, 0.1) is 0 Å². The molecule has 5 heteroatoms. The van der Waals surface area contributed by atoms with Crippen LogP contribution in [0.3, 0.4) is 0 Å². The third kappa shape index (κ3) is 5.73. The third-order valence-corrected chi connectivity index (χ3v) is 3.58. The van der Waals surface area contributed by atoms with Crippen molar-refractivity contribution in [2.75, 3.05) is 39.3 Å². The van der Waals surface area contributed by atoms with Crippen LogP contribution in [0.15, 0.2) is 4.99 Å². The van der Waals surface area contributed by atoms with Crippen LogP contribution in [-0.2, 0) is 0 Å². The van der Waals surface area contributed by atoms with Gasteiger partial charge in [0.2, 0.25) is 0 Å². The fourth-order valence-corrected chi connectivity index (χ4v) is 2.65. The molecule has 0 aromatic heterocycles. The summed E-state index contributed by atoms with van der Waals surface area (Å²) in [4.78, 5) is 7.01. The summed E-state index contributed by atoms with van der Waals surface area (Å²) in [6.45, 7) is 9.25. The van der Waals surface area contributed by atoms with Gasteiger partial charge in [-0.05, 0) is 44.7 Å². The van der Waals surface area contributed by atoms with Gasteiger partial charge < -0.3 is 15.5 Å². The topological polar surface area (TPSA) is 39.7 Å². The van der Waals surface area contributed by atoms with E-state index in [0.29, 0.717) is 0 Å². The first-order valence-electron chi connectivity index (χ1n) is 7.09. The molecule has 2 aliphatic heterocycles. The van der Waals surface area contributed by atoms with Crippen LogP contribution in [0.1, 0.15) is 32.6 Å². The first-order valence-corrected chi connectivity index (χ1v) is 7.09. The zero-order valence-electron chi connectivity index (χ0n) is 11.5. The standard InChI is InChI=1S/C13H26N4.HI/c1-12-5-2-9-17(11-12)10-4-8-16-13-14-6-3-7-15-13;/h12H,2-11H2,1H3,(H2,14,15,16);1H. The van der Waals surface area contributed by atoms with Gasteiger partial charge in [-0.3, -0.25) is 4.99 Å². The molecular weight excluding hydrogens is 339 g/mol. The fraction of sp³-hybridized carbons (Fsp3) is 0.923. The Morgan fingerprint density at radius 2 is 2.33 bits per heavy atom. The molecular formula is C13H27IN4. The van der Waals surface area contributed by atoms with Gasteiger partial charge >= 0.3 is 0 Å². The Kier molecular flexibility index (Phi) is 7.97. The molecule has 0 saturated carbocycles. The summed E-state index contributed by atoms with van der Waals surface area (Å²) < 4.78 is 0. The highest BCUT2D eigenvalue weighted by Gasteiger charge is 2.15. The zero-order chi connectivity index (χ0) is 11.9. The Morgan fingerprint density at radius 1 is 1.44 bits per heavy atom. The van der Waals surface area contributed by atoms with Crippen molar-refractivity contribution in [3.05, 3.63) is 0 Å². The summed E-state index contributed by atoms with van der Waals surface area (Å²) in [5.41, 5.74) is 0. The Labute approximate surface area is 128 Å². The summed E-state index contributed by atoms with van der Waals surface area (Å²) in [5, 5.41) is 6.67. The van der Waals surface area contributed by atoms with E-state index in [1.807, 2.05) is 0 Å². The largest absolute Gasteiger partial charge is 0.356 e. The lowest BCUT2D eigenvalue weighted by Gasteiger charge is -2.30. The zero-order valence-corrected chi connectivity index (χ0v) is 13.8. The van der Waals surface area contributed by atoms with Crippen LogP contribution in [-0.4, -0.2) is 50.1 Å². The summed E-state index contributed by atoms with van der Waals surface area (Å²) >= 11 is 0. The number of piperidine rings is 1. The van der Waals surface area contributed by atoms with E-state index in [4.69, 9.17) is 0 Å². The number of hydrogen-bond acceptors (Lipinski definition) is 4. The van der Waals surface area contributed by atoms with E-state index < -0.39 is 0 Å². The van der Waals surface area contributed by atoms with E-state index in [-0.39, 0.29) is 24.0 Å². The van der Waals surface area contributed by atoms with Crippen LogP contribution in [0, 0.1) is 5.92 Å². The maximum atomic E-state index is 4.41. The van der Waals surface area contributed by atoms with Gasteiger partial charge in [0.15, 0.2) is 5.96 Å². The summed E-state index contributed by atoms with van der Waals surface area (Å²) in [6, 6.07) is 0. The Hall–Kier alpha value is -0.0400. The molecule has 2 aliphatic rings. The Balaban J connectivity index is 0.00000162. The minimum Gasteiger partial charge on any atom is -0.356 e. The van der Waals surface area contributed by atoms with Crippen LogP contribution >= 0.6 is 24.0 Å². The van der Waals surface area contributed by atoms with Gasteiger partial charge in [0.25, 0.3) is 0 Å². The molecule has 1 saturated heterocycles. The molecule has 18 heavy (non-hydrogen) atoms. The van der Waals surface area contributed by atoms with Crippen molar-refractivity contribution < 1.29 is 0 Å². The van der Waals surface area contributed by atoms with Crippen molar-refractivity contribution in [1.29, 1.82) is 0 Å². The van der Waals surface area contributed by atoms with Gasteiger partial charge in [-0.25, -0.2) is 0 Å². The molecule has 1 unspecified atom stereocenters. The molecule has 2 rings (SSSR count). The molecule has 0 bridgehead atoms. The van der Waals surface area contributed by atoms with Gasteiger partial charge in [0.1, 0.15) is 0 Å². The first kappa shape index (κ1) is 16.0. The van der Waals surface area contributed by atoms with Crippen LogP contribution in [0.4, 0.5) is 0 Å². The van der Waals surface area contributed by atoms with Gasteiger partial charge in [0, 0.05) is 26.2 Å². The minimum absolute atomic E-state index is 0. The molecule has 2 heterocycles. The lowest BCUT2D eigenvalue weighted by molar-refractivity contribution is 0.182. The normalized spacial score (nSPS) is 24.7. The Morgan fingerprint density at radius 3 is 3.06 bits per heavy atom. The lowest BCUT2D eigenvalue weighted by atomic mass is 10.0. The molecule has 106 valence electrons. The van der Waals surface area contributed by atoms with Crippen LogP contribution in [0.5, 0.6) is 0 Å². The second-order valence-electron chi connectivity index (χ2n) is 5.34. The molecule has 0 aromatic carbocycles.